The van der Waals surface area contributed by atoms with Gasteiger partial charge in [-0.1, -0.05) is 18.2 Å². The van der Waals surface area contributed by atoms with E-state index in [4.69, 9.17) is 17.0 Å². The Balaban J connectivity index is 1.94. The predicted molar refractivity (Wildman–Crippen MR) is 127 cm³/mol. The summed E-state index contributed by atoms with van der Waals surface area (Å²) in [5, 5.41) is 3.96. The third-order valence-electron chi connectivity index (χ3n) is 5.33. The van der Waals surface area contributed by atoms with Gasteiger partial charge in [0.2, 0.25) is 5.91 Å². The van der Waals surface area contributed by atoms with Crippen molar-refractivity contribution in [3.05, 3.63) is 41.6 Å². The molecule has 3 amide bonds. The molecule has 1 N–H and O–H groups in total. The molecule has 1 aliphatic rings. The van der Waals surface area contributed by atoms with Crippen molar-refractivity contribution in [2.24, 2.45) is 0 Å². The van der Waals surface area contributed by atoms with Crippen LogP contribution in [0.5, 0.6) is 0 Å². The van der Waals surface area contributed by atoms with Crippen LogP contribution in [0.2, 0.25) is 0 Å². The Morgan fingerprint density at radius 2 is 1.78 bits per heavy atom. The maximum Gasteiger partial charge on any atom is 0.265 e. The van der Waals surface area contributed by atoms with Crippen molar-refractivity contribution >= 4 is 52.0 Å². The molecule has 2 aromatic rings. The van der Waals surface area contributed by atoms with Crippen LogP contribution in [0.3, 0.4) is 0 Å². The highest BCUT2D eigenvalue weighted by atomic mass is 32.1. The van der Waals surface area contributed by atoms with Gasteiger partial charge in [0, 0.05) is 56.0 Å². The molecule has 1 fully saturated rings. The molecular formula is C23H28N4O4S. The van der Waals surface area contributed by atoms with Crippen LogP contribution < -0.4 is 5.32 Å². The average molecular weight is 457 g/mol. The molecule has 0 spiro atoms. The van der Waals surface area contributed by atoms with Gasteiger partial charge in [-0.3, -0.25) is 24.2 Å². The van der Waals surface area contributed by atoms with Crippen molar-refractivity contribution in [2.75, 3.05) is 33.4 Å². The van der Waals surface area contributed by atoms with Crippen molar-refractivity contribution < 1.29 is 19.1 Å². The first-order chi connectivity index (χ1) is 15.4. The minimum absolute atomic E-state index is 0.0641. The summed E-state index contributed by atoms with van der Waals surface area (Å²) in [6.07, 6.45) is 4.14. The Bertz CT molecular complexity index is 1050. The predicted octanol–water partition coefficient (Wildman–Crippen LogP) is 2.17. The number of hydrogen-bond acceptors (Lipinski definition) is 5. The largest absolute Gasteiger partial charge is 0.385 e. The highest BCUT2D eigenvalue weighted by molar-refractivity contribution is 7.80. The number of benzene rings is 1. The molecule has 1 aromatic heterocycles. The third kappa shape index (κ3) is 4.73. The molecule has 0 saturated carbocycles. The third-order valence-corrected chi connectivity index (χ3v) is 5.77. The number of nitrogens with one attached hydrogen (secondary N) is 1. The fraction of sp³-hybridized carbons (Fsp3) is 0.391. The van der Waals surface area contributed by atoms with Gasteiger partial charge in [-0.15, -0.1) is 0 Å². The standard InChI is InChI=1S/C23H28N4O4S/c1-4-26-21(29)18(22(30)27(5-2)23(26)32)13-16-14-25(19-10-7-6-9-17(16)19)15-20(28)24-11-8-12-31-3/h6-7,9-10,13-14H,4-5,8,11-12,15H2,1-3H3,(H,24,28). The first-order valence-corrected chi connectivity index (χ1v) is 11.1. The fourth-order valence-electron chi connectivity index (χ4n) is 3.71. The molecule has 0 radical (unpaired) electrons. The van der Waals surface area contributed by atoms with Gasteiger partial charge < -0.3 is 14.6 Å². The number of carbonyl (C=O) groups is 3. The first kappa shape index (κ1) is 23.6. The Labute approximate surface area is 192 Å². The van der Waals surface area contributed by atoms with E-state index in [2.05, 4.69) is 5.32 Å². The van der Waals surface area contributed by atoms with Gasteiger partial charge in [-0.25, -0.2) is 0 Å². The average Bonchev–Trinajstić information content (AvgIpc) is 3.12. The van der Waals surface area contributed by atoms with Crippen molar-refractivity contribution in [1.82, 2.24) is 19.7 Å². The monoisotopic (exact) mass is 456 g/mol. The number of likely N-dealkylation sites (N-methyl/N-ethyl adjacent to an activating group) is 2. The second kappa shape index (κ2) is 10.5. The van der Waals surface area contributed by atoms with Gasteiger partial charge in [0.05, 0.1) is 0 Å². The summed E-state index contributed by atoms with van der Waals surface area (Å²) in [6.45, 7) is 5.65. The van der Waals surface area contributed by atoms with Gasteiger partial charge in [0.25, 0.3) is 11.8 Å². The minimum Gasteiger partial charge on any atom is -0.385 e. The number of ether oxygens (including phenoxy) is 1. The van der Waals surface area contributed by atoms with E-state index >= 15 is 0 Å². The second-order valence-electron chi connectivity index (χ2n) is 7.37. The van der Waals surface area contributed by atoms with E-state index in [1.807, 2.05) is 42.7 Å². The zero-order valence-electron chi connectivity index (χ0n) is 18.6. The van der Waals surface area contributed by atoms with Crippen LogP contribution in [0.4, 0.5) is 0 Å². The lowest BCUT2D eigenvalue weighted by molar-refractivity contribution is -0.133. The number of carbonyl (C=O) groups excluding carboxylic acids is 3. The van der Waals surface area contributed by atoms with E-state index in [1.165, 1.54) is 9.80 Å². The molecule has 1 aliphatic heterocycles. The zero-order valence-corrected chi connectivity index (χ0v) is 19.4. The minimum atomic E-state index is -0.403. The lowest BCUT2D eigenvalue weighted by Gasteiger charge is -2.35. The van der Waals surface area contributed by atoms with Crippen LogP contribution >= 0.6 is 12.2 Å². The quantitative estimate of drug-likeness (QED) is 0.271. The van der Waals surface area contributed by atoms with Gasteiger partial charge in [0.15, 0.2) is 5.11 Å². The summed E-state index contributed by atoms with van der Waals surface area (Å²) in [5.41, 5.74) is 1.61. The Morgan fingerprint density at radius 1 is 1.12 bits per heavy atom. The molecule has 170 valence electrons. The van der Waals surface area contributed by atoms with E-state index in [-0.39, 0.29) is 23.1 Å². The summed E-state index contributed by atoms with van der Waals surface area (Å²) in [4.78, 5) is 41.2. The van der Waals surface area contributed by atoms with E-state index in [1.54, 1.807) is 19.4 Å². The smallest absolute Gasteiger partial charge is 0.265 e. The van der Waals surface area contributed by atoms with Gasteiger partial charge in [0.1, 0.15) is 12.1 Å². The molecular weight excluding hydrogens is 428 g/mol. The SMILES string of the molecule is CCN1C(=O)C(=Cc2cn(CC(=O)NCCCOC)c3ccccc23)C(=O)N(CC)C1=S. The summed E-state index contributed by atoms with van der Waals surface area (Å²) >= 11 is 5.32. The molecule has 1 saturated heterocycles. The number of amides is 3. The number of rotatable bonds is 9. The van der Waals surface area contributed by atoms with E-state index in [0.29, 0.717) is 31.8 Å². The normalized spacial score (nSPS) is 14.5. The Kier molecular flexibility index (Phi) is 7.76. The number of hydrogen-bond donors (Lipinski definition) is 1. The molecule has 1 aromatic carbocycles. The summed E-state index contributed by atoms with van der Waals surface area (Å²) < 4.78 is 6.82. The number of thiocarbonyl (C=S) groups is 1. The Morgan fingerprint density at radius 3 is 2.41 bits per heavy atom. The zero-order chi connectivity index (χ0) is 23.3. The van der Waals surface area contributed by atoms with Gasteiger partial charge in [-0.05, 0) is 44.6 Å². The molecule has 2 heterocycles. The van der Waals surface area contributed by atoms with Crippen LogP contribution in [0.1, 0.15) is 25.8 Å². The first-order valence-electron chi connectivity index (χ1n) is 10.7. The number of fused-ring (bicyclic) bond motifs is 1. The number of para-hydroxylation sites is 1. The summed E-state index contributed by atoms with van der Waals surface area (Å²) in [7, 11) is 1.62. The lowest BCUT2D eigenvalue weighted by Crippen LogP contribution is -2.55. The maximum atomic E-state index is 13.0. The van der Waals surface area contributed by atoms with E-state index in [9.17, 15) is 14.4 Å². The van der Waals surface area contributed by atoms with E-state index in [0.717, 1.165) is 17.3 Å². The van der Waals surface area contributed by atoms with Gasteiger partial charge >= 0.3 is 0 Å². The van der Waals surface area contributed by atoms with Crippen LogP contribution in [0.15, 0.2) is 36.0 Å². The van der Waals surface area contributed by atoms with Crippen LogP contribution in [0, 0.1) is 0 Å². The Hall–Kier alpha value is -3.04. The highest BCUT2D eigenvalue weighted by Crippen LogP contribution is 2.26. The van der Waals surface area contributed by atoms with Crippen LogP contribution in [-0.2, 0) is 25.7 Å². The molecule has 8 nitrogen and oxygen atoms in total. The van der Waals surface area contributed by atoms with E-state index < -0.39 is 11.8 Å². The number of nitrogens with zero attached hydrogens (tertiary/aromatic N) is 3. The van der Waals surface area contributed by atoms with Crippen molar-refractivity contribution in [2.45, 2.75) is 26.8 Å². The van der Waals surface area contributed by atoms with Crippen LogP contribution in [-0.4, -0.2) is 70.6 Å². The topological polar surface area (TPSA) is 83.9 Å². The summed E-state index contributed by atoms with van der Waals surface area (Å²) in [5.74, 6) is -0.926. The molecule has 32 heavy (non-hydrogen) atoms. The highest BCUT2D eigenvalue weighted by Gasteiger charge is 2.38. The van der Waals surface area contributed by atoms with Crippen molar-refractivity contribution in [3.63, 3.8) is 0 Å². The van der Waals surface area contributed by atoms with Gasteiger partial charge in [-0.2, -0.15) is 0 Å². The fourth-order valence-corrected chi connectivity index (χ4v) is 4.14. The summed E-state index contributed by atoms with van der Waals surface area (Å²) in [6, 6.07) is 7.59. The molecule has 0 aliphatic carbocycles. The molecule has 0 bridgehead atoms. The molecule has 3 rings (SSSR count). The van der Waals surface area contributed by atoms with Crippen molar-refractivity contribution in [1.29, 1.82) is 0 Å². The molecule has 0 atom stereocenters. The maximum absolute atomic E-state index is 13.0. The van der Waals surface area contributed by atoms with Crippen LogP contribution in [0.25, 0.3) is 17.0 Å². The molecule has 0 unspecified atom stereocenters. The number of aromatic nitrogens is 1. The van der Waals surface area contributed by atoms with Crippen molar-refractivity contribution in [3.8, 4) is 0 Å². The second-order valence-corrected chi connectivity index (χ2v) is 7.73. The lowest BCUT2D eigenvalue weighted by atomic mass is 10.1. The number of methoxy groups -OCH3 is 1. The molecule has 9 heteroatoms.